The Kier molecular flexibility index (Phi) is 6.44. The molecular weight excluding hydrogens is 268 g/mol. The molecule has 1 saturated heterocycles. The second-order valence-corrected chi connectivity index (χ2v) is 6.60. The van der Waals surface area contributed by atoms with Gasteiger partial charge in [-0.2, -0.15) is 11.8 Å². The van der Waals surface area contributed by atoms with Crippen LogP contribution in [-0.2, 0) is 9.53 Å². The Balaban J connectivity index is 2.21. The standard InChI is InChI=1S/C12H22N2O4S/c1-12(4-3-5-19-12)8-14-11(17)13-7-9(18-2)6-10(15)16/h9H,3-8H2,1-2H3,(H,15,16)(H2,13,14,17). The number of carboxylic acid groups (broad SMARTS) is 1. The highest BCUT2D eigenvalue weighted by molar-refractivity contribution is 8.00. The van der Waals surface area contributed by atoms with E-state index in [2.05, 4.69) is 17.6 Å². The van der Waals surface area contributed by atoms with Gasteiger partial charge in [-0.3, -0.25) is 4.79 Å². The van der Waals surface area contributed by atoms with Crippen molar-refractivity contribution in [2.75, 3.05) is 26.0 Å². The van der Waals surface area contributed by atoms with Crippen molar-refractivity contribution >= 4 is 23.8 Å². The van der Waals surface area contributed by atoms with Gasteiger partial charge in [0.25, 0.3) is 0 Å². The van der Waals surface area contributed by atoms with E-state index in [-0.39, 0.29) is 23.7 Å². The zero-order valence-corrected chi connectivity index (χ0v) is 12.2. The van der Waals surface area contributed by atoms with Crippen molar-refractivity contribution in [2.45, 2.75) is 37.0 Å². The highest BCUT2D eigenvalue weighted by atomic mass is 32.2. The maximum atomic E-state index is 11.6. The van der Waals surface area contributed by atoms with E-state index in [1.165, 1.54) is 13.5 Å². The van der Waals surface area contributed by atoms with Crippen LogP contribution in [-0.4, -0.2) is 53.9 Å². The summed E-state index contributed by atoms with van der Waals surface area (Å²) in [6, 6.07) is -0.277. The largest absolute Gasteiger partial charge is 0.481 e. The lowest BCUT2D eigenvalue weighted by molar-refractivity contribution is -0.139. The minimum Gasteiger partial charge on any atom is -0.481 e. The fourth-order valence-corrected chi connectivity index (χ4v) is 3.19. The molecule has 0 aromatic rings. The first-order valence-electron chi connectivity index (χ1n) is 6.35. The molecule has 2 atom stereocenters. The van der Waals surface area contributed by atoms with Crippen molar-refractivity contribution in [3.05, 3.63) is 0 Å². The van der Waals surface area contributed by atoms with Gasteiger partial charge >= 0.3 is 12.0 Å². The number of hydrogen-bond acceptors (Lipinski definition) is 4. The van der Waals surface area contributed by atoms with Crippen molar-refractivity contribution in [1.29, 1.82) is 0 Å². The van der Waals surface area contributed by atoms with Gasteiger partial charge in [0.15, 0.2) is 0 Å². The van der Waals surface area contributed by atoms with Crippen LogP contribution in [0.3, 0.4) is 0 Å². The number of ether oxygens (including phenoxy) is 1. The molecule has 1 aliphatic heterocycles. The molecule has 110 valence electrons. The van der Waals surface area contributed by atoms with Gasteiger partial charge in [0.1, 0.15) is 0 Å². The summed E-state index contributed by atoms with van der Waals surface area (Å²) in [6.45, 7) is 2.96. The monoisotopic (exact) mass is 290 g/mol. The first-order valence-corrected chi connectivity index (χ1v) is 7.34. The van der Waals surface area contributed by atoms with Gasteiger partial charge in [0, 0.05) is 24.9 Å². The zero-order valence-electron chi connectivity index (χ0n) is 11.4. The molecule has 0 spiro atoms. The Morgan fingerprint density at radius 1 is 1.47 bits per heavy atom. The summed E-state index contributed by atoms with van der Waals surface area (Å²) < 4.78 is 5.11. The number of carbonyl (C=O) groups is 2. The SMILES string of the molecule is COC(CNC(=O)NCC1(C)CCCS1)CC(=O)O. The molecule has 1 fully saturated rings. The number of thioether (sulfide) groups is 1. The summed E-state index contributed by atoms with van der Waals surface area (Å²) in [5.74, 6) is 0.202. The second kappa shape index (κ2) is 7.59. The quantitative estimate of drug-likeness (QED) is 0.652. The molecule has 0 aromatic heterocycles. The molecule has 19 heavy (non-hydrogen) atoms. The highest BCUT2D eigenvalue weighted by Gasteiger charge is 2.29. The normalized spacial score (nSPS) is 23.9. The first kappa shape index (κ1) is 16.1. The molecule has 1 heterocycles. The number of nitrogens with one attached hydrogen (secondary N) is 2. The highest BCUT2D eigenvalue weighted by Crippen LogP contribution is 2.36. The number of urea groups is 1. The van der Waals surface area contributed by atoms with Crippen LogP contribution in [0.1, 0.15) is 26.2 Å². The molecule has 7 heteroatoms. The number of methoxy groups -OCH3 is 1. The maximum Gasteiger partial charge on any atom is 0.314 e. The van der Waals surface area contributed by atoms with E-state index in [1.807, 2.05) is 11.8 Å². The zero-order chi connectivity index (χ0) is 14.3. The third-order valence-corrected chi connectivity index (χ3v) is 4.69. The molecule has 6 nitrogen and oxygen atoms in total. The van der Waals surface area contributed by atoms with Crippen molar-refractivity contribution in [1.82, 2.24) is 10.6 Å². The van der Waals surface area contributed by atoms with E-state index in [0.717, 1.165) is 12.2 Å². The van der Waals surface area contributed by atoms with Crippen LogP contribution in [0.5, 0.6) is 0 Å². The Bertz CT molecular complexity index is 319. The molecule has 0 aromatic carbocycles. The predicted octanol–water partition coefficient (Wildman–Crippen LogP) is 1.06. The van der Waals surface area contributed by atoms with Crippen LogP contribution >= 0.6 is 11.8 Å². The Labute approximate surface area is 117 Å². The predicted molar refractivity (Wildman–Crippen MR) is 74.5 cm³/mol. The molecule has 0 aliphatic carbocycles. The molecule has 1 aliphatic rings. The number of rotatable bonds is 7. The van der Waals surface area contributed by atoms with E-state index < -0.39 is 12.1 Å². The minimum atomic E-state index is -0.941. The Morgan fingerprint density at radius 2 is 2.21 bits per heavy atom. The number of amides is 2. The van der Waals surface area contributed by atoms with Crippen molar-refractivity contribution in [3.63, 3.8) is 0 Å². The van der Waals surface area contributed by atoms with Gasteiger partial charge in [-0.05, 0) is 25.5 Å². The topological polar surface area (TPSA) is 87.7 Å². The van der Waals surface area contributed by atoms with Gasteiger partial charge in [-0.15, -0.1) is 0 Å². The van der Waals surface area contributed by atoms with Gasteiger partial charge in [0.2, 0.25) is 0 Å². The number of aliphatic carboxylic acids is 1. The van der Waals surface area contributed by atoms with Crippen LogP contribution in [0.4, 0.5) is 4.79 Å². The van der Waals surface area contributed by atoms with Crippen LogP contribution in [0.2, 0.25) is 0 Å². The molecule has 0 radical (unpaired) electrons. The Morgan fingerprint density at radius 3 is 2.74 bits per heavy atom. The molecule has 0 saturated carbocycles. The second-order valence-electron chi connectivity index (χ2n) is 4.92. The lowest BCUT2D eigenvalue weighted by Gasteiger charge is -2.23. The van der Waals surface area contributed by atoms with Crippen molar-refractivity contribution in [3.8, 4) is 0 Å². The molecule has 0 bridgehead atoms. The van der Waals surface area contributed by atoms with Crippen molar-refractivity contribution in [2.24, 2.45) is 0 Å². The van der Waals surface area contributed by atoms with Crippen LogP contribution < -0.4 is 10.6 Å². The summed E-state index contributed by atoms with van der Waals surface area (Å²) in [6.07, 6.45) is 1.68. The van der Waals surface area contributed by atoms with Crippen LogP contribution in [0.25, 0.3) is 0 Å². The van der Waals surface area contributed by atoms with E-state index in [0.29, 0.717) is 6.54 Å². The van der Waals surface area contributed by atoms with E-state index >= 15 is 0 Å². The fraction of sp³-hybridized carbons (Fsp3) is 0.833. The van der Waals surface area contributed by atoms with E-state index in [9.17, 15) is 9.59 Å². The lowest BCUT2D eigenvalue weighted by Crippen LogP contribution is -2.45. The number of carbonyl (C=O) groups excluding carboxylic acids is 1. The molecule has 3 N–H and O–H groups in total. The smallest absolute Gasteiger partial charge is 0.314 e. The van der Waals surface area contributed by atoms with Gasteiger partial charge in [-0.1, -0.05) is 0 Å². The average molecular weight is 290 g/mol. The van der Waals surface area contributed by atoms with Crippen LogP contribution in [0, 0.1) is 0 Å². The fourth-order valence-electron chi connectivity index (χ4n) is 1.95. The summed E-state index contributed by atoms with van der Waals surface area (Å²) in [4.78, 5) is 22.2. The number of hydrogen-bond donors (Lipinski definition) is 3. The van der Waals surface area contributed by atoms with Gasteiger partial charge in [-0.25, -0.2) is 4.79 Å². The summed E-state index contributed by atoms with van der Waals surface area (Å²) in [5, 5.41) is 14.1. The Hall–Kier alpha value is -0.950. The van der Waals surface area contributed by atoms with Crippen LogP contribution in [0.15, 0.2) is 0 Å². The third-order valence-electron chi connectivity index (χ3n) is 3.15. The molecule has 1 rings (SSSR count). The molecule has 2 unspecified atom stereocenters. The van der Waals surface area contributed by atoms with Crippen molar-refractivity contribution < 1.29 is 19.4 Å². The number of carboxylic acids is 1. The maximum absolute atomic E-state index is 11.6. The van der Waals surface area contributed by atoms with E-state index in [4.69, 9.17) is 9.84 Å². The summed E-state index contributed by atoms with van der Waals surface area (Å²) >= 11 is 1.88. The first-order chi connectivity index (χ1) is 8.95. The summed E-state index contributed by atoms with van der Waals surface area (Å²) in [7, 11) is 1.43. The third kappa shape index (κ3) is 6.15. The summed E-state index contributed by atoms with van der Waals surface area (Å²) in [5.41, 5.74) is 0. The molecule has 2 amide bonds. The lowest BCUT2D eigenvalue weighted by atomic mass is 10.1. The average Bonchev–Trinajstić information content (AvgIpc) is 2.79. The van der Waals surface area contributed by atoms with Gasteiger partial charge in [0.05, 0.1) is 12.5 Å². The minimum absolute atomic E-state index is 0.121. The molecular formula is C12H22N2O4S. The van der Waals surface area contributed by atoms with Gasteiger partial charge < -0.3 is 20.5 Å². The van der Waals surface area contributed by atoms with E-state index in [1.54, 1.807) is 0 Å².